The Balaban J connectivity index is 2.04. The quantitative estimate of drug-likeness (QED) is 0.911. The molecule has 0 aromatic heterocycles. The van der Waals surface area contributed by atoms with Gasteiger partial charge in [0.05, 0.1) is 0 Å². The molecule has 1 aliphatic rings. The third-order valence-electron chi connectivity index (χ3n) is 4.37. The molecule has 2 atom stereocenters. The van der Waals surface area contributed by atoms with E-state index in [1.807, 2.05) is 30.3 Å². The Hall–Kier alpha value is -2.29. The molecule has 114 valence electrons. The van der Waals surface area contributed by atoms with E-state index in [9.17, 15) is 9.90 Å². The predicted octanol–water partition coefficient (Wildman–Crippen LogP) is 3.44. The van der Waals surface area contributed by atoms with Gasteiger partial charge in [-0.3, -0.25) is 4.79 Å². The zero-order chi connectivity index (χ0) is 15.4. The van der Waals surface area contributed by atoms with Crippen molar-refractivity contribution in [2.75, 3.05) is 6.54 Å². The second-order valence-electron chi connectivity index (χ2n) is 5.88. The highest BCUT2D eigenvalue weighted by molar-refractivity contribution is 5.80. The maximum absolute atomic E-state index is 12.5. The maximum Gasteiger partial charge on any atom is 0.224 e. The van der Waals surface area contributed by atoms with Crippen LogP contribution in [0.1, 0.15) is 36.3 Å². The average Bonchev–Trinajstić information content (AvgIpc) is 2.74. The first kappa shape index (κ1) is 14.6. The van der Waals surface area contributed by atoms with Gasteiger partial charge in [0.2, 0.25) is 5.91 Å². The molecule has 2 unspecified atom stereocenters. The number of amides is 1. The molecule has 3 rings (SSSR count). The molecule has 1 saturated heterocycles. The van der Waals surface area contributed by atoms with Gasteiger partial charge in [0, 0.05) is 18.4 Å². The summed E-state index contributed by atoms with van der Waals surface area (Å²) in [6, 6.07) is 17.4. The van der Waals surface area contributed by atoms with Gasteiger partial charge < -0.3 is 10.4 Å². The van der Waals surface area contributed by atoms with Crippen molar-refractivity contribution in [2.24, 2.45) is 5.92 Å². The van der Waals surface area contributed by atoms with Crippen molar-refractivity contribution in [3.05, 3.63) is 65.7 Å². The van der Waals surface area contributed by atoms with E-state index in [4.69, 9.17) is 0 Å². The number of phenols is 1. The lowest BCUT2D eigenvalue weighted by atomic mass is 9.78. The van der Waals surface area contributed by atoms with Crippen molar-refractivity contribution >= 4 is 5.91 Å². The lowest BCUT2D eigenvalue weighted by Crippen LogP contribution is -2.33. The fraction of sp³-hybridized carbons (Fsp3) is 0.316. The summed E-state index contributed by atoms with van der Waals surface area (Å²) in [5.74, 6) is 0.250. The fourth-order valence-corrected chi connectivity index (χ4v) is 3.32. The molecule has 22 heavy (non-hydrogen) atoms. The van der Waals surface area contributed by atoms with Gasteiger partial charge in [0.25, 0.3) is 0 Å². The summed E-state index contributed by atoms with van der Waals surface area (Å²) in [7, 11) is 0. The Morgan fingerprint density at radius 1 is 1.00 bits per heavy atom. The molecule has 1 fully saturated rings. The molecule has 2 N–H and O–H groups in total. The smallest absolute Gasteiger partial charge is 0.224 e. The molecular formula is C19H21NO2. The van der Waals surface area contributed by atoms with Gasteiger partial charge in [-0.25, -0.2) is 0 Å². The second-order valence-corrected chi connectivity index (χ2v) is 5.88. The van der Waals surface area contributed by atoms with Gasteiger partial charge in [-0.15, -0.1) is 0 Å². The van der Waals surface area contributed by atoms with Crippen molar-refractivity contribution in [1.29, 1.82) is 0 Å². The first-order chi connectivity index (χ1) is 10.8. The minimum absolute atomic E-state index is 0.0219. The number of phenolic OH excluding ortho intramolecular Hbond substituents is 1. The van der Waals surface area contributed by atoms with Crippen LogP contribution in [0.5, 0.6) is 5.75 Å². The Morgan fingerprint density at radius 3 is 2.55 bits per heavy atom. The van der Waals surface area contributed by atoms with Crippen LogP contribution in [0.3, 0.4) is 0 Å². The standard InChI is InChI=1S/C19H21NO2/c21-16-10-6-9-15(13-16)18(14-7-2-1-3-8-14)17-11-4-5-12-20-19(17)22/h1-3,6-10,13,17-18,21H,4-5,11-12H2,(H,20,22). The number of rotatable bonds is 3. The molecule has 1 aliphatic heterocycles. The highest BCUT2D eigenvalue weighted by Gasteiger charge is 2.31. The van der Waals surface area contributed by atoms with Crippen LogP contribution in [-0.2, 0) is 4.79 Å². The molecule has 0 aliphatic carbocycles. The lowest BCUT2D eigenvalue weighted by molar-refractivity contribution is -0.125. The minimum atomic E-state index is -0.0910. The van der Waals surface area contributed by atoms with Crippen LogP contribution in [0.15, 0.2) is 54.6 Å². The van der Waals surface area contributed by atoms with Crippen LogP contribution < -0.4 is 5.32 Å². The van der Waals surface area contributed by atoms with E-state index in [1.165, 1.54) is 0 Å². The monoisotopic (exact) mass is 295 g/mol. The predicted molar refractivity (Wildman–Crippen MR) is 86.7 cm³/mol. The van der Waals surface area contributed by atoms with Crippen molar-refractivity contribution in [3.63, 3.8) is 0 Å². The zero-order valence-electron chi connectivity index (χ0n) is 12.5. The molecule has 3 heteroatoms. The molecular weight excluding hydrogens is 274 g/mol. The Bertz CT molecular complexity index is 639. The molecule has 0 saturated carbocycles. The van der Waals surface area contributed by atoms with Crippen molar-refractivity contribution in [3.8, 4) is 5.75 Å². The van der Waals surface area contributed by atoms with Crippen LogP contribution in [0.2, 0.25) is 0 Å². The van der Waals surface area contributed by atoms with E-state index in [2.05, 4.69) is 17.4 Å². The molecule has 0 spiro atoms. The Labute approximate surface area is 131 Å². The van der Waals surface area contributed by atoms with Gasteiger partial charge >= 0.3 is 0 Å². The summed E-state index contributed by atoms with van der Waals surface area (Å²) in [5, 5.41) is 12.9. The van der Waals surface area contributed by atoms with Crippen molar-refractivity contribution in [1.82, 2.24) is 5.32 Å². The van der Waals surface area contributed by atoms with E-state index >= 15 is 0 Å². The van der Waals surface area contributed by atoms with E-state index in [-0.39, 0.29) is 23.5 Å². The topological polar surface area (TPSA) is 49.3 Å². The maximum atomic E-state index is 12.5. The Kier molecular flexibility index (Phi) is 4.42. The zero-order valence-corrected chi connectivity index (χ0v) is 12.5. The first-order valence-electron chi connectivity index (χ1n) is 7.87. The van der Waals surface area contributed by atoms with Gasteiger partial charge in [-0.1, -0.05) is 48.9 Å². The summed E-state index contributed by atoms with van der Waals surface area (Å²) in [5.41, 5.74) is 2.11. The summed E-state index contributed by atoms with van der Waals surface area (Å²) >= 11 is 0. The number of hydrogen-bond acceptors (Lipinski definition) is 2. The number of carbonyl (C=O) groups excluding carboxylic acids is 1. The lowest BCUT2D eigenvalue weighted by Gasteiger charge is -2.26. The van der Waals surface area contributed by atoms with E-state index in [0.29, 0.717) is 0 Å². The summed E-state index contributed by atoms with van der Waals surface area (Å²) < 4.78 is 0. The van der Waals surface area contributed by atoms with Crippen LogP contribution in [0.4, 0.5) is 0 Å². The number of carbonyl (C=O) groups is 1. The number of benzene rings is 2. The molecule has 0 radical (unpaired) electrons. The van der Waals surface area contributed by atoms with Gasteiger partial charge in [0.15, 0.2) is 0 Å². The summed E-state index contributed by atoms with van der Waals surface area (Å²) in [6.45, 7) is 0.761. The molecule has 1 amide bonds. The highest BCUT2D eigenvalue weighted by atomic mass is 16.3. The average molecular weight is 295 g/mol. The largest absolute Gasteiger partial charge is 0.508 e. The first-order valence-corrected chi connectivity index (χ1v) is 7.87. The third-order valence-corrected chi connectivity index (χ3v) is 4.37. The number of aromatic hydroxyl groups is 1. The Morgan fingerprint density at radius 2 is 1.77 bits per heavy atom. The van der Waals surface area contributed by atoms with Crippen molar-refractivity contribution in [2.45, 2.75) is 25.2 Å². The van der Waals surface area contributed by atoms with Crippen LogP contribution >= 0.6 is 0 Å². The second kappa shape index (κ2) is 6.65. The van der Waals surface area contributed by atoms with Crippen LogP contribution in [0.25, 0.3) is 0 Å². The molecule has 1 heterocycles. The third kappa shape index (κ3) is 3.14. The molecule has 0 bridgehead atoms. The normalized spacial score (nSPS) is 20.0. The molecule has 2 aromatic rings. The number of nitrogens with one attached hydrogen (secondary N) is 1. The summed E-state index contributed by atoms with van der Waals surface area (Å²) in [6.07, 6.45) is 2.95. The molecule has 2 aromatic carbocycles. The van der Waals surface area contributed by atoms with E-state index in [1.54, 1.807) is 12.1 Å². The van der Waals surface area contributed by atoms with E-state index in [0.717, 1.165) is 36.9 Å². The van der Waals surface area contributed by atoms with Crippen LogP contribution in [-0.4, -0.2) is 17.6 Å². The van der Waals surface area contributed by atoms with Gasteiger partial charge in [-0.2, -0.15) is 0 Å². The summed E-state index contributed by atoms with van der Waals surface area (Å²) in [4.78, 5) is 12.5. The fourth-order valence-electron chi connectivity index (χ4n) is 3.32. The van der Waals surface area contributed by atoms with Crippen LogP contribution in [0, 0.1) is 5.92 Å². The highest BCUT2D eigenvalue weighted by Crippen LogP contribution is 2.37. The number of hydrogen-bond donors (Lipinski definition) is 2. The van der Waals surface area contributed by atoms with Gasteiger partial charge in [0.1, 0.15) is 5.75 Å². The van der Waals surface area contributed by atoms with Gasteiger partial charge in [-0.05, 0) is 36.1 Å². The SMILES string of the molecule is O=C1NCCCCC1C(c1ccccc1)c1cccc(O)c1. The molecule has 3 nitrogen and oxygen atoms in total. The minimum Gasteiger partial charge on any atom is -0.508 e. The van der Waals surface area contributed by atoms with Crippen molar-refractivity contribution < 1.29 is 9.90 Å². The van der Waals surface area contributed by atoms with E-state index < -0.39 is 0 Å².